The lowest BCUT2D eigenvalue weighted by Gasteiger charge is -2.33. The number of hydrogen-bond donors (Lipinski definition) is 2. The first-order valence-electron chi connectivity index (χ1n) is 7.01. The van der Waals surface area contributed by atoms with Crippen LogP contribution in [0.5, 0.6) is 0 Å². The van der Waals surface area contributed by atoms with E-state index in [9.17, 15) is 18.3 Å². The quantitative estimate of drug-likeness (QED) is 0.834. The zero-order valence-corrected chi connectivity index (χ0v) is 13.5. The molecular weight excluding hydrogens is 312 g/mol. The van der Waals surface area contributed by atoms with Gasteiger partial charge < -0.3 is 5.11 Å². The summed E-state index contributed by atoms with van der Waals surface area (Å²) in [5, 5.41) is 11.1. The lowest BCUT2D eigenvalue weighted by atomic mass is 10.1. The summed E-state index contributed by atoms with van der Waals surface area (Å²) in [6, 6.07) is 2.48. The van der Waals surface area contributed by atoms with Crippen molar-refractivity contribution >= 4 is 27.5 Å². The molecule has 1 aromatic heterocycles. The summed E-state index contributed by atoms with van der Waals surface area (Å²) in [5.74, 6) is -1.08. The number of carboxylic acid groups (broad SMARTS) is 1. The van der Waals surface area contributed by atoms with Gasteiger partial charge in [-0.05, 0) is 37.1 Å². The first-order valence-corrected chi connectivity index (χ1v) is 9.33. The van der Waals surface area contributed by atoms with Gasteiger partial charge in [0.2, 0.25) is 0 Å². The Bertz CT molecular complexity index is 571. The number of thiophene rings is 1. The van der Waals surface area contributed by atoms with Crippen molar-refractivity contribution in [3.63, 3.8) is 0 Å². The highest BCUT2D eigenvalue weighted by Crippen LogP contribution is 2.25. The maximum Gasteiger partial charge on any atom is 0.322 e. The van der Waals surface area contributed by atoms with Crippen molar-refractivity contribution in [2.45, 2.75) is 44.7 Å². The molecule has 1 aliphatic heterocycles. The maximum atomic E-state index is 12.5. The topological polar surface area (TPSA) is 86.7 Å². The lowest BCUT2D eigenvalue weighted by Crippen LogP contribution is -2.52. The molecule has 1 fully saturated rings. The fourth-order valence-corrected chi connectivity index (χ4v) is 5.14. The average molecular weight is 332 g/mol. The molecule has 1 saturated heterocycles. The van der Waals surface area contributed by atoms with E-state index in [0.29, 0.717) is 19.3 Å². The molecule has 0 bridgehead atoms. The second kappa shape index (κ2) is 6.87. The molecule has 0 spiro atoms. The Morgan fingerprint density at radius 2 is 2.33 bits per heavy atom. The summed E-state index contributed by atoms with van der Waals surface area (Å²) in [4.78, 5) is 12.2. The van der Waals surface area contributed by atoms with Crippen molar-refractivity contribution in [1.82, 2.24) is 9.03 Å². The molecule has 2 heterocycles. The number of rotatable bonds is 6. The van der Waals surface area contributed by atoms with Crippen LogP contribution in [0.1, 0.15) is 43.5 Å². The summed E-state index contributed by atoms with van der Waals surface area (Å²) >= 11 is 1.49. The van der Waals surface area contributed by atoms with Crippen molar-refractivity contribution in [3.05, 3.63) is 22.4 Å². The molecule has 0 amide bonds. The second-order valence-corrected chi connectivity index (χ2v) is 7.69. The minimum Gasteiger partial charge on any atom is -0.480 e. The SMILES string of the molecule is CCC(NS(=O)(=O)N1CCCCC1C(=O)O)c1cccs1. The van der Waals surface area contributed by atoms with Crippen LogP contribution in [0.25, 0.3) is 0 Å². The maximum absolute atomic E-state index is 12.5. The summed E-state index contributed by atoms with van der Waals surface area (Å²) in [5.41, 5.74) is 0. The van der Waals surface area contributed by atoms with E-state index >= 15 is 0 Å². The Morgan fingerprint density at radius 3 is 2.90 bits per heavy atom. The molecule has 1 aliphatic rings. The Hall–Kier alpha value is -0.960. The van der Waals surface area contributed by atoms with E-state index in [0.717, 1.165) is 15.6 Å². The van der Waals surface area contributed by atoms with Crippen molar-refractivity contribution in [2.75, 3.05) is 6.54 Å². The van der Waals surface area contributed by atoms with E-state index in [2.05, 4.69) is 4.72 Å². The number of aliphatic carboxylic acids is 1. The fourth-order valence-electron chi connectivity index (χ4n) is 2.52. The van der Waals surface area contributed by atoms with Gasteiger partial charge in [-0.3, -0.25) is 4.79 Å². The van der Waals surface area contributed by atoms with Gasteiger partial charge in [0.25, 0.3) is 10.2 Å². The molecule has 2 N–H and O–H groups in total. The highest BCUT2D eigenvalue weighted by Gasteiger charge is 2.37. The average Bonchev–Trinajstić information content (AvgIpc) is 2.99. The first-order chi connectivity index (χ1) is 9.95. The lowest BCUT2D eigenvalue weighted by molar-refractivity contribution is -0.142. The van der Waals surface area contributed by atoms with Crippen molar-refractivity contribution < 1.29 is 18.3 Å². The summed E-state index contributed by atoms with van der Waals surface area (Å²) in [6.07, 6.45) is 2.42. The summed E-state index contributed by atoms with van der Waals surface area (Å²) in [6.45, 7) is 2.16. The number of nitrogens with zero attached hydrogens (tertiary/aromatic N) is 1. The molecule has 118 valence electrons. The molecule has 21 heavy (non-hydrogen) atoms. The van der Waals surface area contributed by atoms with E-state index in [1.54, 1.807) is 0 Å². The molecule has 8 heteroatoms. The van der Waals surface area contributed by atoms with E-state index in [1.165, 1.54) is 11.3 Å². The number of nitrogens with one attached hydrogen (secondary N) is 1. The van der Waals surface area contributed by atoms with Crippen LogP contribution in [0.4, 0.5) is 0 Å². The highest BCUT2D eigenvalue weighted by molar-refractivity contribution is 7.87. The van der Waals surface area contributed by atoms with Crippen LogP contribution in [0.15, 0.2) is 17.5 Å². The Balaban J connectivity index is 2.18. The van der Waals surface area contributed by atoms with Gasteiger partial charge in [-0.2, -0.15) is 17.4 Å². The largest absolute Gasteiger partial charge is 0.480 e. The van der Waals surface area contributed by atoms with Crippen LogP contribution >= 0.6 is 11.3 Å². The van der Waals surface area contributed by atoms with Crippen LogP contribution in [-0.2, 0) is 15.0 Å². The third-order valence-corrected chi connectivity index (χ3v) is 6.26. The minimum atomic E-state index is -3.81. The van der Waals surface area contributed by atoms with Gasteiger partial charge in [0.15, 0.2) is 0 Å². The molecular formula is C13H20N2O4S2. The van der Waals surface area contributed by atoms with Gasteiger partial charge in [0, 0.05) is 11.4 Å². The predicted molar refractivity (Wildman–Crippen MR) is 81.4 cm³/mol. The Morgan fingerprint density at radius 1 is 1.57 bits per heavy atom. The molecule has 2 unspecified atom stereocenters. The molecule has 0 saturated carbocycles. The van der Waals surface area contributed by atoms with E-state index in [1.807, 2.05) is 24.4 Å². The highest BCUT2D eigenvalue weighted by atomic mass is 32.2. The van der Waals surface area contributed by atoms with Gasteiger partial charge in [-0.15, -0.1) is 11.3 Å². The van der Waals surface area contributed by atoms with Crippen LogP contribution in [0.2, 0.25) is 0 Å². The normalized spacial score (nSPS) is 22.0. The van der Waals surface area contributed by atoms with Gasteiger partial charge in [-0.1, -0.05) is 13.0 Å². The third-order valence-electron chi connectivity index (χ3n) is 3.63. The van der Waals surface area contributed by atoms with Crippen molar-refractivity contribution in [1.29, 1.82) is 0 Å². The van der Waals surface area contributed by atoms with E-state index in [4.69, 9.17) is 0 Å². The number of hydrogen-bond acceptors (Lipinski definition) is 4. The summed E-state index contributed by atoms with van der Waals surface area (Å²) in [7, 11) is -3.81. The predicted octanol–water partition coefficient (Wildman–Crippen LogP) is 1.97. The molecule has 2 rings (SSSR count). The standard InChI is InChI=1S/C13H20N2O4S2/c1-2-10(12-7-5-9-20-12)14-21(18,19)15-8-4-3-6-11(15)13(16)17/h5,7,9-11,14H,2-4,6,8H2,1H3,(H,16,17). The second-order valence-electron chi connectivity index (χ2n) is 5.06. The van der Waals surface area contributed by atoms with Crippen molar-refractivity contribution in [3.8, 4) is 0 Å². The molecule has 0 radical (unpaired) electrons. The van der Waals surface area contributed by atoms with Gasteiger partial charge in [0.05, 0.1) is 6.04 Å². The van der Waals surface area contributed by atoms with Crippen LogP contribution in [0.3, 0.4) is 0 Å². The number of piperidine rings is 1. The third kappa shape index (κ3) is 3.82. The van der Waals surface area contributed by atoms with Gasteiger partial charge in [0.1, 0.15) is 6.04 Å². The number of carbonyl (C=O) groups is 1. The summed E-state index contributed by atoms with van der Waals surface area (Å²) < 4.78 is 28.8. The Labute approximate surface area is 129 Å². The van der Waals surface area contributed by atoms with Gasteiger partial charge >= 0.3 is 5.97 Å². The van der Waals surface area contributed by atoms with Crippen molar-refractivity contribution in [2.24, 2.45) is 0 Å². The smallest absolute Gasteiger partial charge is 0.322 e. The zero-order valence-electron chi connectivity index (χ0n) is 11.9. The minimum absolute atomic E-state index is 0.257. The molecule has 6 nitrogen and oxygen atoms in total. The Kier molecular flexibility index (Phi) is 5.37. The number of carboxylic acids is 1. The fraction of sp³-hybridized carbons (Fsp3) is 0.615. The first kappa shape index (κ1) is 16.4. The molecule has 0 aliphatic carbocycles. The van der Waals surface area contributed by atoms with Crippen LogP contribution < -0.4 is 4.72 Å². The molecule has 0 aromatic carbocycles. The van der Waals surface area contributed by atoms with E-state index in [-0.39, 0.29) is 12.6 Å². The molecule has 1 aromatic rings. The van der Waals surface area contributed by atoms with E-state index < -0.39 is 22.2 Å². The monoisotopic (exact) mass is 332 g/mol. The molecule has 2 atom stereocenters. The zero-order chi connectivity index (χ0) is 15.5. The van der Waals surface area contributed by atoms with Crippen LogP contribution in [-0.4, -0.2) is 36.4 Å². The van der Waals surface area contributed by atoms with Gasteiger partial charge in [-0.25, -0.2) is 0 Å². The van der Waals surface area contributed by atoms with Crippen LogP contribution in [0, 0.1) is 0 Å².